The molecule has 3 heterocycles. The Bertz CT molecular complexity index is 985. The molecule has 2 aromatic carbocycles. The molecular formula is C24H25FN2O3. The number of halogens is 1. The zero-order valence-corrected chi connectivity index (χ0v) is 17.0. The zero-order chi connectivity index (χ0) is 20.9. The highest BCUT2D eigenvalue weighted by molar-refractivity contribution is 5.96. The lowest BCUT2D eigenvalue weighted by Crippen LogP contribution is -2.51. The number of ether oxygens (including phenoxy) is 1. The maximum atomic E-state index is 13.6. The van der Waals surface area contributed by atoms with Gasteiger partial charge in [0, 0.05) is 31.5 Å². The molecule has 0 aliphatic carbocycles. The van der Waals surface area contributed by atoms with Crippen LogP contribution in [-0.4, -0.2) is 46.5 Å². The van der Waals surface area contributed by atoms with E-state index in [1.54, 1.807) is 17.9 Å². The average Bonchev–Trinajstić information content (AvgIpc) is 3.29. The summed E-state index contributed by atoms with van der Waals surface area (Å²) in [5.74, 6) is -0.554. The van der Waals surface area contributed by atoms with Crippen molar-refractivity contribution in [2.45, 2.75) is 50.5 Å². The monoisotopic (exact) mass is 408 g/mol. The Labute approximate surface area is 175 Å². The van der Waals surface area contributed by atoms with Gasteiger partial charge in [0.05, 0.1) is 6.04 Å². The molecule has 2 amide bonds. The van der Waals surface area contributed by atoms with Gasteiger partial charge in [-0.3, -0.25) is 9.59 Å². The van der Waals surface area contributed by atoms with Crippen LogP contribution < -0.4 is 0 Å². The molecule has 0 unspecified atom stereocenters. The predicted molar refractivity (Wildman–Crippen MR) is 109 cm³/mol. The minimum atomic E-state index is -0.841. The lowest BCUT2D eigenvalue weighted by Gasteiger charge is -2.37. The van der Waals surface area contributed by atoms with Crippen LogP contribution in [0.25, 0.3) is 0 Å². The predicted octanol–water partition coefficient (Wildman–Crippen LogP) is 3.83. The van der Waals surface area contributed by atoms with Crippen molar-refractivity contribution in [3.63, 3.8) is 0 Å². The van der Waals surface area contributed by atoms with Crippen molar-refractivity contribution in [3.05, 3.63) is 71.0 Å². The summed E-state index contributed by atoms with van der Waals surface area (Å²) in [5.41, 5.74) is 1.44. The number of amides is 2. The zero-order valence-electron chi connectivity index (χ0n) is 17.0. The Hall–Kier alpha value is -2.73. The SMILES string of the molecule is Cc1ccc(F)cc1C(=O)N1CCC2(CC1)O[C@@H]1CC[C@@H](c3ccccc3)N1C2=O. The molecule has 0 saturated carbocycles. The molecule has 0 radical (unpaired) electrons. The number of hydrogen-bond acceptors (Lipinski definition) is 3. The number of piperidine rings is 1. The van der Waals surface area contributed by atoms with Gasteiger partial charge in [0.15, 0.2) is 5.60 Å². The number of likely N-dealkylation sites (tertiary alicyclic amines) is 1. The van der Waals surface area contributed by atoms with Crippen LogP contribution in [-0.2, 0) is 9.53 Å². The van der Waals surface area contributed by atoms with Crippen LogP contribution in [0.4, 0.5) is 4.39 Å². The summed E-state index contributed by atoms with van der Waals surface area (Å²) in [5, 5.41) is 0. The van der Waals surface area contributed by atoms with Crippen molar-refractivity contribution in [3.8, 4) is 0 Å². The summed E-state index contributed by atoms with van der Waals surface area (Å²) in [6, 6.07) is 14.4. The van der Waals surface area contributed by atoms with Crippen molar-refractivity contribution < 1.29 is 18.7 Å². The topological polar surface area (TPSA) is 49.9 Å². The van der Waals surface area contributed by atoms with Crippen LogP contribution in [0.2, 0.25) is 0 Å². The lowest BCUT2D eigenvalue weighted by atomic mass is 9.89. The Morgan fingerprint density at radius 3 is 2.57 bits per heavy atom. The summed E-state index contributed by atoms with van der Waals surface area (Å²) in [6.45, 7) is 2.66. The van der Waals surface area contributed by atoms with Crippen LogP contribution in [0.3, 0.4) is 0 Å². The second-order valence-electron chi connectivity index (χ2n) is 8.53. The van der Waals surface area contributed by atoms with E-state index >= 15 is 0 Å². The normalized spacial score (nSPS) is 25.1. The highest BCUT2D eigenvalue weighted by atomic mass is 19.1. The number of aryl methyl sites for hydroxylation is 1. The fourth-order valence-corrected chi connectivity index (χ4v) is 5.11. The molecule has 0 bridgehead atoms. The van der Waals surface area contributed by atoms with Crippen molar-refractivity contribution in [2.75, 3.05) is 13.1 Å². The smallest absolute Gasteiger partial charge is 0.257 e. The Morgan fingerprint density at radius 2 is 1.83 bits per heavy atom. The summed E-state index contributed by atoms with van der Waals surface area (Å²) in [4.78, 5) is 30.0. The van der Waals surface area contributed by atoms with Crippen molar-refractivity contribution in [1.82, 2.24) is 9.80 Å². The summed E-state index contributed by atoms with van der Waals surface area (Å²) in [6.07, 6.45) is 2.49. The third-order valence-electron chi connectivity index (χ3n) is 6.79. The van der Waals surface area contributed by atoms with Gasteiger partial charge in [0.2, 0.25) is 0 Å². The van der Waals surface area contributed by atoms with Gasteiger partial charge < -0.3 is 14.5 Å². The molecule has 2 aromatic rings. The third kappa shape index (κ3) is 3.01. The number of nitrogens with zero attached hydrogens (tertiary/aromatic N) is 2. The maximum absolute atomic E-state index is 13.6. The van der Waals surface area contributed by atoms with E-state index in [2.05, 4.69) is 12.1 Å². The van der Waals surface area contributed by atoms with E-state index in [1.807, 2.05) is 23.1 Å². The largest absolute Gasteiger partial charge is 0.342 e. The van der Waals surface area contributed by atoms with Gasteiger partial charge in [-0.05, 0) is 43.0 Å². The van der Waals surface area contributed by atoms with E-state index in [0.29, 0.717) is 31.5 Å². The van der Waals surface area contributed by atoms with Gasteiger partial charge in [0.25, 0.3) is 11.8 Å². The fourth-order valence-electron chi connectivity index (χ4n) is 5.11. The van der Waals surface area contributed by atoms with Gasteiger partial charge >= 0.3 is 0 Å². The van der Waals surface area contributed by atoms with E-state index in [4.69, 9.17) is 4.74 Å². The van der Waals surface area contributed by atoms with Crippen molar-refractivity contribution >= 4 is 11.8 Å². The number of carbonyl (C=O) groups excluding carboxylic acids is 2. The minimum Gasteiger partial charge on any atom is -0.342 e. The van der Waals surface area contributed by atoms with E-state index in [1.165, 1.54) is 12.1 Å². The molecule has 0 aromatic heterocycles. The Balaban J connectivity index is 1.31. The molecule has 30 heavy (non-hydrogen) atoms. The first-order valence-corrected chi connectivity index (χ1v) is 10.6. The molecule has 5 nitrogen and oxygen atoms in total. The van der Waals surface area contributed by atoms with Crippen molar-refractivity contribution in [1.29, 1.82) is 0 Å². The van der Waals surface area contributed by atoms with E-state index < -0.39 is 11.4 Å². The number of fused-ring (bicyclic) bond motifs is 1. The molecule has 3 aliphatic heterocycles. The van der Waals surface area contributed by atoms with Gasteiger partial charge in [-0.2, -0.15) is 0 Å². The van der Waals surface area contributed by atoms with Crippen LogP contribution in [0.5, 0.6) is 0 Å². The van der Waals surface area contributed by atoms with Gasteiger partial charge in [-0.1, -0.05) is 36.4 Å². The molecule has 3 saturated heterocycles. The molecule has 156 valence electrons. The van der Waals surface area contributed by atoms with Crippen LogP contribution >= 0.6 is 0 Å². The van der Waals surface area contributed by atoms with E-state index in [9.17, 15) is 14.0 Å². The molecule has 1 spiro atoms. The van der Waals surface area contributed by atoms with Crippen LogP contribution in [0.1, 0.15) is 53.2 Å². The standard InChI is InChI=1S/C24H25FN2O3/c1-16-7-8-18(25)15-19(16)22(28)26-13-11-24(12-14-26)23(29)27-20(9-10-21(27)30-24)17-5-3-2-4-6-17/h2-8,15,20-21H,9-14H2,1H3/t20-,21+/m0/s1. The lowest BCUT2D eigenvalue weighted by molar-refractivity contribution is -0.142. The first kappa shape index (κ1) is 19.2. The number of benzene rings is 2. The summed E-state index contributed by atoms with van der Waals surface area (Å²) < 4.78 is 20.0. The Kier molecular flexibility index (Phi) is 4.62. The summed E-state index contributed by atoms with van der Waals surface area (Å²) >= 11 is 0. The molecule has 2 atom stereocenters. The molecular weight excluding hydrogens is 383 g/mol. The summed E-state index contributed by atoms with van der Waals surface area (Å²) in [7, 11) is 0. The number of carbonyl (C=O) groups is 2. The molecule has 5 rings (SSSR count). The minimum absolute atomic E-state index is 0.0490. The highest BCUT2D eigenvalue weighted by Crippen LogP contribution is 2.47. The highest BCUT2D eigenvalue weighted by Gasteiger charge is 2.58. The number of rotatable bonds is 2. The Morgan fingerprint density at radius 1 is 1.10 bits per heavy atom. The van der Waals surface area contributed by atoms with Crippen molar-refractivity contribution in [2.24, 2.45) is 0 Å². The van der Waals surface area contributed by atoms with Gasteiger partial charge in [-0.25, -0.2) is 4.39 Å². The fraction of sp³-hybridized carbons (Fsp3) is 0.417. The maximum Gasteiger partial charge on any atom is 0.257 e. The van der Waals surface area contributed by atoms with E-state index in [-0.39, 0.29) is 24.1 Å². The second kappa shape index (κ2) is 7.20. The first-order chi connectivity index (χ1) is 14.5. The third-order valence-corrected chi connectivity index (χ3v) is 6.79. The molecule has 3 aliphatic rings. The molecule has 3 fully saturated rings. The quantitative estimate of drug-likeness (QED) is 0.759. The first-order valence-electron chi connectivity index (χ1n) is 10.6. The van der Waals surface area contributed by atoms with Gasteiger partial charge in [0.1, 0.15) is 12.0 Å². The molecule has 0 N–H and O–H groups in total. The van der Waals surface area contributed by atoms with Crippen LogP contribution in [0.15, 0.2) is 48.5 Å². The average molecular weight is 408 g/mol. The van der Waals surface area contributed by atoms with Gasteiger partial charge in [-0.15, -0.1) is 0 Å². The second-order valence-corrected chi connectivity index (χ2v) is 8.53. The van der Waals surface area contributed by atoms with E-state index in [0.717, 1.165) is 24.0 Å². The molecule has 6 heteroatoms. The number of hydrogen-bond donors (Lipinski definition) is 0. The van der Waals surface area contributed by atoms with Crippen LogP contribution in [0, 0.1) is 12.7 Å².